The van der Waals surface area contributed by atoms with Crippen LogP contribution in [0.4, 0.5) is 5.82 Å². The lowest BCUT2D eigenvalue weighted by Gasteiger charge is -2.26. The molecule has 1 fully saturated rings. The average Bonchev–Trinajstić information content (AvgIpc) is 2.92. The molecule has 0 saturated carbocycles. The molecule has 0 atom stereocenters. The second-order valence-electron chi connectivity index (χ2n) is 8.06. The second kappa shape index (κ2) is 13.0. The number of anilines is 1. The summed E-state index contributed by atoms with van der Waals surface area (Å²) in [6.07, 6.45) is 3.16. The van der Waals surface area contributed by atoms with Crippen molar-refractivity contribution in [1.82, 2.24) is 25.2 Å². The first-order chi connectivity index (χ1) is 17.6. The molecular weight excluding hydrogens is 484 g/mol. The lowest BCUT2D eigenvalue weighted by molar-refractivity contribution is 0.0383. The molecule has 3 aromatic rings. The molecule has 0 radical (unpaired) electrons. The van der Waals surface area contributed by atoms with Gasteiger partial charge in [-0.2, -0.15) is 4.98 Å². The molecule has 10 nitrogen and oxygen atoms in total. The highest BCUT2D eigenvalue weighted by Gasteiger charge is 2.17. The predicted octanol–water partition coefficient (Wildman–Crippen LogP) is 2.79. The van der Waals surface area contributed by atoms with Crippen LogP contribution in [0, 0.1) is 0 Å². The molecule has 2 aromatic heterocycles. The van der Waals surface area contributed by atoms with Crippen molar-refractivity contribution in [2.24, 2.45) is 0 Å². The van der Waals surface area contributed by atoms with Crippen LogP contribution in [0.1, 0.15) is 21.6 Å². The molecule has 2 N–H and O–H groups in total. The van der Waals surface area contributed by atoms with E-state index in [4.69, 9.17) is 25.8 Å². The van der Waals surface area contributed by atoms with Gasteiger partial charge in [0.2, 0.25) is 0 Å². The topological polar surface area (TPSA) is 111 Å². The molecule has 190 valence electrons. The number of nitrogens with one attached hydrogen (secondary N) is 2. The van der Waals surface area contributed by atoms with E-state index in [0.29, 0.717) is 48.5 Å². The third kappa shape index (κ3) is 7.27. The zero-order valence-corrected chi connectivity index (χ0v) is 20.8. The molecule has 11 heteroatoms. The first kappa shape index (κ1) is 25.6. The number of aromatic nitrogens is 3. The van der Waals surface area contributed by atoms with E-state index >= 15 is 0 Å². The molecule has 0 spiro atoms. The number of rotatable bonds is 11. The first-order valence-electron chi connectivity index (χ1n) is 11.7. The van der Waals surface area contributed by atoms with Gasteiger partial charge in [-0.15, -0.1) is 0 Å². The lowest BCUT2D eigenvalue weighted by atomic mass is 10.2. The minimum atomic E-state index is -0.269. The van der Waals surface area contributed by atoms with Crippen molar-refractivity contribution in [1.29, 1.82) is 0 Å². The highest BCUT2D eigenvalue weighted by molar-refractivity contribution is 6.32. The zero-order chi connectivity index (χ0) is 25.2. The van der Waals surface area contributed by atoms with Gasteiger partial charge in [-0.05, 0) is 29.8 Å². The van der Waals surface area contributed by atoms with Crippen molar-refractivity contribution in [3.8, 4) is 11.8 Å². The van der Waals surface area contributed by atoms with Crippen LogP contribution in [-0.2, 0) is 17.9 Å². The maximum Gasteiger partial charge on any atom is 0.318 e. The van der Waals surface area contributed by atoms with Gasteiger partial charge in [-0.25, -0.2) is 4.98 Å². The maximum absolute atomic E-state index is 13.0. The van der Waals surface area contributed by atoms with Crippen LogP contribution in [0.5, 0.6) is 11.8 Å². The molecule has 0 bridgehead atoms. The van der Waals surface area contributed by atoms with E-state index in [2.05, 4.69) is 30.5 Å². The van der Waals surface area contributed by atoms with Crippen molar-refractivity contribution in [3.63, 3.8) is 0 Å². The number of hydrogen-bond donors (Lipinski definition) is 2. The minimum absolute atomic E-state index is 0.140. The summed E-state index contributed by atoms with van der Waals surface area (Å²) in [5.74, 6) is 0.680. The molecule has 0 aliphatic carbocycles. The number of benzene rings is 1. The third-order valence-corrected chi connectivity index (χ3v) is 5.88. The van der Waals surface area contributed by atoms with Crippen LogP contribution in [-0.4, -0.2) is 72.3 Å². The highest BCUT2D eigenvalue weighted by Crippen LogP contribution is 2.25. The number of morpholine rings is 1. The van der Waals surface area contributed by atoms with Gasteiger partial charge in [0.05, 0.1) is 31.0 Å². The number of hydrogen-bond acceptors (Lipinski definition) is 9. The van der Waals surface area contributed by atoms with Gasteiger partial charge in [0.15, 0.2) is 0 Å². The summed E-state index contributed by atoms with van der Waals surface area (Å²) in [6.45, 7) is 4.99. The fourth-order valence-electron chi connectivity index (χ4n) is 3.61. The summed E-state index contributed by atoms with van der Waals surface area (Å²) in [5.41, 5.74) is 1.96. The Balaban J connectivity index is 1.44. The molecule has 36 heavy (non-hydrogen) atoms. The molecule has 0 unspecified atom stereocenters. The molecule has 1 saturated heterocycles. The molecular formula is C25H29ClN6O4. The third-order valence-electron chi connectivity index (χ3n) is 5.58. The highest BCUT2D eigenvalue weighted by atomic mass is 35.5. The number of carbonyl (C=O) groups is 1. The molecule has 4 rings (SSSR count). The van der Waals surface area contributed by atoms with Gasteiger partial charge in [0, 0.05) is 45.1 Å². The Morgan fingerprint density at radius 1 is 1.19 bits per heavy atom. The summed E-state index contributed by atoms with van der Waals surface area (Å²) < 4.78 is 16.3. The number of nitrogens with zero attached hydrogens (tertiary/aromatic N) is 4. The van der Waals surface area contributed by atoms with E-state index in [-0.39, 0.29) is 18.5 Å². The van der Waals surface area contributed by atoms with Crippen LogP contribution in [0.15, 0.2) is 48.8 Å². The summed E-state index contributed by atoms with van der Waals surface area (Å²) in [7, 11) is 1.57. The largest absolute Gasteiger partial charge is 0.495 e. The number of halogens is 1. The Bertz CT molecular complexity index is 1140. The molecule has 1 aliphatic rings. The Morgan fingerprint density at radius 2 is 2.06 bits per heavy atom. The first-order valence-corrected chi connectivity index (χ1v) is 12.0. The fourth-order valence-corrected chi connectivity index (χ4v) is 3.89. The van der Waals surface area contributed by atoms with E-state index in [1.807, 2.05) is 24.3 Å². The van der Waals surface area contributed by atoms with Gasteiger partial charge in [-0.1, -0.05) is 23.7 Å². The Kier molecular flexibility index (Phi) is 9.26. The van der Waals surface area contributed by atoms with E-state index in [1.54, 1.807) is 25.4 Å². The smallest absolute Gasteiger partial charge is 0.318 e. The van der Waals surface area contributed by atoms with Gasteiger partial charge in [-0.3, -0.25) is 14.7 Å². The van der Waals surface area contributed by atoms with Crippen LogP contribution >= 0.6 is 11.6 Å². The number of pyridine rings is 1. The van der Waals surface area contributed by atoms with Gasteiger partial charge >= 0.3 is 6.01 Å². The Labute approximate surface area is 215 Å². The lowest BCUT2D eigenvalue weighted by Crippen LogP contribution is -2.41. The summed E-state index contributed by atoms with van der Waals surface area (Å²) >= 11 is 6.26. The minimum Gasteiger partial charge on any atom is -0.495 e. The van der Waals surface area contributed by atoms with Crippen LogP contribution in [0.2, 0.25) is 5.02 Å². The number of carbonyl (C=O) groups excluding carboxylic acids is 1. The number of amides is 1. The van der Waals surface area contributed by atoms with Crippen LogP contribution in [0.25, 0.3) is 0 Å². The van der Waals surface area contributed by atoms with Crippen molar-refractivity contribution in [2.75, 3.05) is 51.8 Å². The summed E-state index contributed by atoms with van der Waals surface area (Å²) in [4.78, 5) is 28.2. The van der Waals surface area contributed by atoms with Crippen molar-refractivity contribution >= 4 is 23.3 Å². The van der Waals surface area contributed by atoms with E-state index < -0.39 is 0 Å². The second-order valence-corrected chi connectivity index (χ2v) is 8.46. The van der Waals surface area contributed by atoms with E-state index in [9.17, 15) is 4.79 Å². The Morgan fingerprint density at radius 3 is 2.81 bits per heavy atom. The van der Waals surface area contributed by atoms with Gasteiger partial charge in [0.1, 0.15) is 23.7 Å². The summed E-state index contributed by atoms with van der Waals surface area (Å²) in [6, 6.07) is 11.2. The molecule has 1 aromatic carbocycles. The van der Waals surface area contributed by atoms with Crippen molar-refractivity contribution < 1.29 is 19.0 Å². The van der Waals surface area contributed by atoms with E-state index in [0.717, 1.165) is 30.9 Å². The standard InChI is InChI=1S/C25H29ClN6O4/c1-34-22-6-5-18(14-21(22)26)15-29-23-20(24(33)28-8-9-32-10-12-35-13-11-32)16-30-25(31-23)36-17-19-4-2-3-7-27-19/h2-7,14,16H,8-13,15,17H2,1H3,(H,28,33)(H,29,30,31). The number of methoxy groups -OCH3 is 1. The monoisotopic (exact) mass is 512 g/mol. The van der Waals surface area contributed by atoms with Crippen LogP contribution < -0.4 is 20.1 Å². The maximum atomic E-state index is 13.0. The average molecular weight is 513 g/mol. The number of ether oxygens (including phenoxy) is 3. The quantitative estimate of drug-likeness (QED) is 0.400. The molecule has 1 amide bonds. The Hall–Kier alpha value is -3.47. The molecule has 1 aliphatic heterocycles. The SMILES string of the molecule is COc1ccc(CNc2nc(OCc3ccccn3)ncc2C(=O)NCCN2CCOCC2)cc1Cl. The van der Waals surface area contributed by atoms with Crippen molar-refractivity contribution in [2.45, 2.75) is 13.2 Å². The summed E-state index contributed by atoms with van der Waals surface area (Å²) in [5, 5.41) is 6.68. The van der Waals surface area contributed by atoms with Crippen molar-refractivity contribution in [3.05, 3.63) is 70.6 Å². The predicted molar refractivity (Wildman–Crippen MR) is 136 cm³/mol. The van der Waals surface area contributed by atoms with Gasteiger partial charge < -0.3 is 24.8 Å². The normalized spacial score (nSPS) is 13.7. The zero-order valence-electron chi connectivity index (χ0n) is 20.1. The molecule has 3 heterocycles. The van der Waals surface area contributed by atoms with E-state index in [1.165, 1.54) is 6.20 Å². The van der Waals surface area contributed by atoms with Gasteiger partial charge in [0.25, 0.3) is 5.91 Å². The van der Waals surface area contributed by atoms with Crippen LogP contribution in [0.3, 0.4) is 0 Å². The fraction of sp³-hybridized carbons (Fsp3) is 0.360.